The van der Waals surface area contributed by atoms with E-state index >= 15 is 0 Å². The van der Waals surface area contributed by atoms with Crippen molar-refractivity contribution in [2.24, 2.45) is 0 Å². The van der Waals surface area contributed by atoms with Crippen molar-refractivity contribution in [2.45, 2.75) is 0 Å². The SMILES string of the molecule is [2H]c1c([2H])c([2H])c2c(-c3c4c([2H])c([2H])c([2H])c([2H])c4c(-c4cccc5ccc(-c6cccc7oc8c9ccccc9ccc8c67)cc45)c4c([2H])c([2H])c([2H])c([2H])c34)c([2H])c([2H])c([2H])c2c1[2H]. The van der Waals surface area contributed by atoms with Crippen LogP contribution < -0.4 is 0 Å². The molecule has 236 valence electrons. The minimum atomic E-state index is -0.759. The summed E-state index contributed by atoms with van der Waals surface area (Å²) >= 11 is 0. The number of furan rings is 1. The molecule has 0 bridgehead atoms. The van der Waals surface area contributed by atoms with Gasteiger partial charge < -0.3 is 4.42 Å². The topological polar surface area (TPSA) is 13.1 Å². The van der Waals surface area contributed by atoms with E-state index in [1.807, 2.05) is 78.9 Å². The first kappa shape index (κ1) is 17.3. The van der Waals surface area contributed by atoms with Gasteiger partial charge in [0.2, 0.25) is 0 Å². The number of hydrogen-bond acceptors (Lipinski definition) is 1. The Kier molecular flexibility index (Phi) is 3.70. The molecule has 0 spiro atoms. The zero-order chi connectivity index (χ0) is 46.5. The van der Waals surface area contributed by atoms with Crippen LogP contribution in [0.25, 0.3) is 109 Å². The van der Waals surface area contributed by atoms with Crippen LogP contribution in [0.3, 0.4) is 0 Å². The van der Waals surface area contributed by atoms with Crippen molar-refractivity contribution in [1.82, 2.24) is 0 Å². The molecule has 1 aromatic heterocycles. The molecule has 0 atom stereocenters. The summed E-state index contributed by atoms with van der Waals surface area (Å²) < 4.78 is 142. The van der Waals surface area contributed by atoms with Crippen molar-refractivity contribution < 1.29 is 25.0 Å². The van der Waals surface area contributed by atoms with Gasteiger partial charge in [0.25, 0.3) is 0 Å². The molecule has 0 aliphatic rings. The summed E-state index contributed by atoms with van der Waals surface area (Å²) in [5.74, 6) is 0. The first-order chi connectivity index (χ1) is 31.5. The monoisotopic (exact) mass is 661 g/mol. The highest BCUT2D eigenvalue weighted by molar-refractivity contribution is 6.26. The molecule has 0 N–H and O–H groups in total. The zero-order valence-corrected chi connectivity index (χ0v) is 26.6. The molecular formula is C50H30O. The average Bonchev–Trinajstić information content (AvgIpc) is 3.72. The average molecular weight is 662 g/mol. The highest BCUT2D eigenvalue weighted by Gasteiger charge is 2.20. The maximum absolute atomic E-state index is 9.56. The number of benzene rings is 10. The summed E-state index contributed by atoms with van der Waals surface area (Å²) in [4.78, 5) is 0. The van der Waals surface area contributed by atoms with Gasteiger partial charge in [-0.1, -0.05) is 163 Å². The maximum Gasteiger partial charge on any atom is 0.143 e. The van der Waals surface area contributed by atoms with Gasteiger partial charge in [0.1, 0.15) is 11.2 Å². The molecular weight excluding hydrogens is 617 g/mol. The van der Waals surface area contributed by atoms with E-state index in [1.165, 1.54) is 0 Å². The van der Waals surface area contributed by atoms with E-state index in [4.69, 9.17) is 18.1 Å². The van der Waals surface area contributed by atoms with Gasteiger partial charge in [-0.2, -0.15) is 0 Å². The molecule has 0 saturated heterocycles. The number of fused-ring (bicyclic) bond motifs is 9. The van der Waals surface area contributed by atoms with Gasteiger partial charge in [-0.3, -0.25) is 0 Å². The second-order valence-electron chi connectivity index (χ2n) is 12.4. The van der Waals surface area contributed by atoms with E-state index in [2.05, 4.69) is 0 Å². The molecule has 1 heterocycles. The van der Waals surface area contributed by atoms with E-state index in [9.17, 15) is 6.85 Å². The lowest BCUT2D eigenvalue weighted by atomic mass is 9.83. The van der Waals surface area contributed by atoms with Crippen LogP contribution in [-0.2, 0) is 0 Å². The van der Waals surface area contributed by atoms with Gasteiger partial charge in [-0.15, -0.1) is 0 Å². The second kappa shape index (κ2) is 10.9. The molecule has 11 rings (SSSR count). The van der Waals surface area contributed by atoms with Gasteiger partial charge in [-0.05, 0) is 100 Å². The molecule has 0 saturated carbocycles. The molecule has 0 aliphatic carbocycles. The van der Waals surface area contributed by atoms with Crippen LogP contribution >= 0.6 is 0 Å². The van der Waals surface area contributed by atoms with Gasteiger partial charge in [0.15, 0.2) is 0 Å². The van der Waals surface area contributed by atoms with Crippen LogP contribution in [0.5, 0.6) is 0 Å². The van der Waals surface area contributed by atoms with Crippen molar-refractivity contribution in [1.29, 1.82) is 0 Å². The first-order valence-corrected chi connectivity index (χ1v) is 16.4. The maximum atomic E-state index is 9.56. The lowest BCUT2D eigenvalue weighted by Crippen LogP contribution is -1.92. The van der Waals surface area contributed by atoms with E-state index in [0.717, 1.165) is 38.3 Å². The fourth-order valence-electron chi connectivity index (χ4n) is 7.60. The van der Waals surface area contributed by atoms with Crippen molar-refractivity contribution >= 4 is 75.8 Å². The smallest absolute Gasteiger partial charge is 0.143 e. The zero-order valence-electron chi connectivity index (χ0n) is 41.6. The van der Waals surface area contributed by atoms with E-state index in [0.29, 0.717) is 21.9 Å². The van der Waals surface area contributed by atoms with E-state index < -0.39 is 107 Å². The highest BCUT2D eigenvalue weighted by atomic mass is 16.3. The Balaban J connectivity index is 1.34. The van der Waals surface area contributed by atoms with Crippen LogP contribution in [0.2, 0.25) is 0 Å². The van der Waals surface area contributed by atoms with Crippen molar-refractivity contribution in [3.05, 3.63) is 182 Å². The number of hydrogen-bond donors (Lipinski definition) is 0. The van der Waals surface area contributed by atoms with Crippen LogP contribution in [-0.4, -0.2) is 0 Å². The minimum absolute atomic E-state index is 0.0323. The standard InChI is InChI=1S/C50H30O/c1-3-16-35-31(12-1)14-9-23-38(35)47-39-18-5-7-20-41(39)48(42-21-8-6-19-40(42)47)43-24-10-15-33-26-27-34(30-45(33)43)36-22-11-25-46-49(36)44-29-28-32-13-2-4-17-37(32)50(44)51-46/h1-30H/i1D,3D,5D,6D,7D,8D,9D,12D,14D,16D,18D,19D,20D,21D,23D. The normalized spacial score (nSPS) is 16.0. The predicted molar refractivity (Wildman–Crippen MR) is 218 cm³/mol. The predicted octanol–water partition coefficient (Wildman–Crippen LogP) is 14.4. The molecule has 1 heteroatoms. The van der Waals surface area contributed by atoms with E-state index in [-0.39, 0.29) is 32.7 Å². The molecule has 0 radical (unpaired) electrons. The Labute approximate surface area is 315 Å². The Morgan fingerprint density at radius 2 is 0.980 bits per heavy atom. The van der Waals surface area contributed by atoms with Crippen LogP contribution in [0.15, 0.2) is 186 Å². The Bertz CT molecular complexity index is 3970. The molecule has 11 aromatic rings. The molecule has 0 amide bonds. The van der Waals surface area contributed by atoms with Gasteiger partial charge >= 0.3 is 0 Å². The Morgan fingerprint density at radius 1 is 0.373 bits per heavy atom. The van der Waals surface area contributed by atoms with Gasteiger partial charge in [0.05, 0.1) is 20.6 Å². The van der Waals surface area contributed by atoms with Crippen molar-refractivity contribution in [3.63, 3.8) is 0 Å². The Morgan fingerprint density at radius 3 is 1.78 bits per heavy atom. The summed E-state index contributed by atoms with van der Waals surface area (Å²) in [6.45, 7) is 0. The van der Waals surface area contributed by atoms with Crippen molar-refractivity contribution in [2.75, 3.05) is 0 Å². The second-order valence-corrected chi connectivity index (χ2v) is 12.4. The van der Waals surface area contributed by atoms with Crippen molar-refractivity contribution in [3.8, 4) is 33.4 Å². The quantitative estimate of drug-likeness (QED) is 0.172. The Hall–Kier alpha value is -6.70. The minimum Gasteiger partial charge on any atom is -0.455 e. The molecule has 0 aliphatic heterocycles. The van der Waals surface area contributed by atoms with Crippen LogP contribution in [0.1, 0.15) is 20.6 Å². The lowest BCUT2D eigenvalue weighted by molar-refractivity contribution is 0.673. The molecule has 10 aromatic carbocycles. The summed E-state index contributed by atoms with van der Waals surface area (Å²) in [5, 5.41) is 3.17. The van der Waals surface area contributed by atoms with Gasteiger partial charge in [0, 0.05) is 16.2 Å². The first-order valence-electron chi connectivity index (χ1n) is 23.9. The third-order valence-electron chi connectivity index (χ3n) is 9.79. The largest absolute Gasteiger partial charge is 0.455 e. The summed E-state index contributed by atoms with van der Waals surface area (Å²) in [7, 11) is 0. The third-order valence-corrected chi connectivity index (χ3v) is 9.79. The molecule has 1 nitrogen and oxygen atoms in total. The number of rotatable bonds is 3. The van der Waals surface area contributed by atoms with Crippen LogP contribution in [0.4, 0.5) is 0 Å². The highest BCUT2D eigenvalue weighted by Crippen LogP contribution is 2.47. The summed E-state index contributed by atoms with van der Waals surface area (Å²) in [6.07, 6.45) is 0. The summed E-state index contributed by atoms with van der Waals surface area (Å²) in [6, 6.07) is 18.6. The fraction of sp³-hybridized carbons (Fsp3) is 0. The summed E-state index contributed by atoms with van der Waals surface area (Å²) in [5.41, 5.74) is 2.55. The molecule has 51 heavy (non-hydrogen) atoms. The third kappa shape index (κ3) is 4.16. The van der Waals surface area contributed by atoms with Gasteiger partial charge in [-0.25, -0.2) is 0 Å². The van der Waals surface area contributed by atoms with E-state index in [1.54, 1.807) is 12.1 Å². The van der Waals surface area contributed by atoms with Crippen LogP contribution in [0, 0.1) is 0 Å². The lowest BCUT2D eigenvalue weighted by Gasteiger charge is -2.20. The molecule has 0 fully saturated rings. The molecule has 0 unspecified atom stereocenters. The fourth-order valence-corrected chi connectivity index (χ4v) is 7.60.